The maximum atomic E-state index is 11.2. The van der Waals surface area contributed by atoms with Gasteiger partial charge in [-0.2, -0.15) is 0 Å². The maximum absolute atomic E-state index is 11.2. The number of hydrogen-bond acceptors (Lipinski definition) is 5. The molecule has 2 unspecified atom stereocenters. The smallest absolute Gasteiger partial charge is 0.348 e. The molecule has 0 bridgehead atoms. The van der Waals surface area contributed by atoms with E-state index in [9.17, 15) is 15.0 Å². The van der Waals surface area contributed by atoms with E-state index < -0.39 is 18.2 Å². The number of carbonyl (C=O) groups is 1. The normalized spacial score (nSPS) is 14.5. The first-order chi connectivity index (χ1) is 7.60. The van der Waals surface area contributed by atoms with Crippen LogP contribution < -0.4 is 0 Å². The van der Waals surface area contributed by atoms with Crippen molar-refractivity contribution in [1.82, 2.24) is 0 Å². The Morgan fingerprint density at radius 1 is 1.62 bits per heavy atom. The molecule has 0 aromatic carbocycles. The predicted molar refractivity (Wildman–Crippen MR) is 65.0 cm³/mol. The quantitative estimate of drug-likeness (QED) is 0.642. The molecule has 0 saturated carbocycles. The lowest BCUT2D eigenvalue weighted by atomic mass is 10.1. The summed E-state index contributed by atoms with van der Waals surface area (Å²) in [5.41, 5.74) is 0.541. The molecule has 0 aliphatic carbocycles. The van der Waals surface area contributed by atoms with E-state index in [1.165, 1.54) is 18.4 Å². The molecule has 6 heteroatoms. The Kier molecular flexibility index (Phi) is 5.40. The average molecular weight is 309 g/mol. The van der Waals surface area contributed by atoms with Gasteiger partial charge in [0.25, 0.3) is 0 Å². The van der Waals surface area contributed by atoms with Gasteiger partial charge in [0.15, 0.2) is 0 Å². The van der Waals surface area contributed by atoms with Gasteiger partial charge in [-0.1, -0.05) is 15.9 Å². The number of rotatable bonds is 5. The summed E-state index contributed by atoms with van der Waals surface area (Å²) in [4.78, 5) is 11.6. The van der Waals surface area contributed by atoms with E-state index in [1.807, 2.05) is 0 Å². The second-order valence-corrected chi connectivity index (χ2v) is 4.93. The molecule has 1 aromatic heterocycles. The van der Waals surface area contributed by atoms with Gasteiger partial charge >= 0.3 is 5.97 Å². The molecule has 0 aliphatic rings. The van der Waals surface area contributed by atoms with E-state index in [0.717, 1.165) is 0 Å². The fourth-order valence-electron chi connectivity index (χ4n) is 1.21. The highest BCUT2D eigenvalue weighted by Gasteiger charge is 2.20. The summed E-state index contributed by atoms with van der Waals surface area (Å²) >= 11 is 4.38. The predicted octanol–water partition coefficient (Wildman–Crippen LogP) is 1.71. The van der Waals surface area contributed by atoms with E-state index in [1.54, 1.807) is 11.4 Å². The van der Waals surface area contributed by atoms with E-state index in [0.29, 0.717) is 22.2 Å². The molecule has 0 amide bonds. The molecular weight excluding hydrogens is 296 g/mol. The first-order valence-electron chi connectivity index (χ1n) is 4.69. The van der Waals surface area contributed by atoms with Gasteiger partial charge in [-0.05, 0) is 23.4 Å². The molecular formula is C10H13BrO4S. The van der Waals surface area contributed by atoms with Crippen molar-refractivity contribution >= 4 is 33.2 Å². The largest absolute Gasteiger partial charge is 0.465 e. The highest BCUT2D eigenvalue weighted by molar-refractivity contribution is 9.09. The summed E-state index contributed by atoms with van der Waals surface area (Å²) in [6.07, 6.45) is -1.35. The maximum Gasteiger partial charge on any atom is 0.348 e. The van der Waals surface area contributed by atoms with Crippen LogP contribution in [0.2, 0.25) is 0 Å². The monoisotopic (exact) mass is 308 g/mol. The molecule has 1 aromatic rings. The fourth-order valence-corrected chi connectivity index (χ4v) is 2.53. The number of carbonyl (C=O) groups excluding carboxylic acids is 1. The molecule has 0 aliphatic heterocycles. The van der Waals surface area contributed by atoms with Crippen LogP contribution in [0.4, 0.5) is 0 Å². The van der Waals surface area contributed by atoms with E-state index >= 15 is 0 Å². The lowest BCUT2D eigenvalue weighted by Gasteiger charge is -2.15. The number of ether oxygens (including phenoxy) is 1. The van der Waals surface area contributed by atoms with Crippen LogP contribution >= 0.6 is 27.3 Å². The molecule has 0 spiro atoms. The van der Waals surface area contributed by atoms with E-state index in [2.05, 4.69) is 20.7 Å². The Hall–Kier alpha value is -0.430. The zero-order valence-electron chi connectivity index (χ0n) is 8.72. The average Bonchev–Trinajstić information content (AvgIpc) is 2.76. The molecule has 2 N–H and O–H groups in total. The fraction of sp³-hybridized carbons (Fsp3) is 0.500. The lowest BCUT2D eigenvalue weighted by molar-refractivity contribution is 0.0175. The SMILES string of the molecule is COC(=O)c1cc(C(O)C(O)CCBr)cs1. The Labute approximate surface area is 106 Å². The van der Waals surface area contributed by atoms with Crippen molar-refractivity contribution in [1.29, 1.82) is 0 Å². The number of esters is 1. The number of hydrogen-bond donors (Lipinski definition) is 2. The van der Waals surface area contributed by atoms with Crippen molar-refractivity contribution in [3.8, 4) is 0 Å². The van der Waals surface area contributed by atoms with E-state index in [-0.39, 0.29) is 0 Å². The second kappa shape index (κ2) is 6.34. The Balaban J connectivity index is 2.73. The van der Waals surface area contributed by atoms with Gasteiger partial charge in [-0.3, -0.25) is 0 Å². The molecule has 2 atom stereocenters. The van der Waals surface area contributed by atoms with Gasteiger partial charge in [0.05, 0.1) is 13.2 Å². The Morgan fingerprint density at radius 3 is 2.88 bits per heavy atom. The summed E-state index contributed by atoms with van der Waals surface area (Å²) < 4.78 is 4.56. The number of aliphatic hydroxyl groups excluding tert-OH is 2. The number of halogens is 1. The number of methoxy groups -OCH3 is 1. The molecule has 0 saturated heterocycles. The number of alkyl halides is 1. The summed E-state index contributed by atoms with van der Waals surface area (Å²) in [7, 11) is 1.30. The van der Waals surface area contributed by atoms with Crippen LogP contribution in [0.1, 0.15) is 27.8 Å². The minimum absolute atomic E-state index is 0.419. The van der Waals surface area contributed by atoms with Gasteiger partial charge in [0.1, 0.15) is 11.0 Å². The van der Waals surface area contributed by atoms with Gasteiger partial charge < -0.3 is 14.9 Å². The van der Waals surface area contributed by atoms with Crippen molar-refractivity contribution in [3.05, 3.63) is 21.9 Å². The summed E-state index contributed by atoms with van der Waals surface area (Å²) in [5, 5.41) is 21.6. The molecule has 0 fully saturated rings. The Bertz CT molecular complexity index is 352. The first-order valence-corrected chi connectivity index (χ1v) is 6.69. The molecule has 1 heterocycles. The van der Waals surface area contributed by atoms with E-state index in [4.69, 9.17) is 0 Å². The number of thiophene rings is 1. The highest BCUT2D eigenvalue weighted by Crippen LogP contribution is 2.25. The minimum atomic E-state index is -0.966. The lowest BCUT2D eigenvalue weighted by Crippen LogP contribution is -2.18. The van der Waals surface area contributed by atoms with Gasteiger partial charge in [-0.25, -0.2) is 4.79 Å². The minimum Gasteiger partial charge on any atom is -0.465 e. The molecule has 16 heavy (non-hydrogen) atoms. The summed E-state index contributed by atoms with van der Waals surface area (Å²) in [6.45, 7) is 0. The van der Waals surface area contributed by atoms with Gasteiger partial charge in [-0.15, -0.1) is 11.3 Å². The topological polar surface area (TPSA) is 66.8 Å². The van der Waals surface area contributed by atoms with Gasteiger partial charge in [0, 0.05) is 5.33 Å². The zero-order chi connectivity index (χ0) is 12.1. The molecule has 1 rings (SSSR count). The van der Waals surface area contributed by atoms with Crippen LogP contribution in [-0.2, 0) is 4.74 Å². The van der Waals surface area contributed by atoms with Crippen LogP contribution in [0, 0.1) is 0 Å². The molecule has 0 radical (unpaired) electrons. The first kappa shape index (κ1) is 13.6. The van der Waals surface area contributed by atoms with Crippen molar-refractivity contribution in [2.24, 2.45) is 0 Å². The van der Waals surface area contributed by atoms with Crippen LogP contribution in [0.25, 0.3) is 0 Å². The van der Waals surface area contributed by atoms with Crippen molar-refractivity contribution in [3.63, 3.8) is 0 Å². The van der Waals surface area contributed by atoms with Crippen LogP contribution in [-0.4, -0.2) is 34.7 Å². The highest BCUT2D eigenvalue weighted by atomic mass is 79.9. The zero-order valence-corrected chi connectivity index (χ0v) is 11.1. The van der Waals surface area contributed by atoms with Crippen LogP contribution in [0.5, 0.6) is 0 Å². The summed E-state index contributed by atoms with van der Waals surface area (Å²) in [5.74, 6) is -0.432. The third kappa shape index (κ3) is 3.28. The third-order valence-electron chi connectivity index (χ3n) is 2.12. The van der Waals surface area contributed by atoms with Crippen LogP contribution in [0.3, 0.4) is 0 Å². The molecule has 4 nitrogen and oxygen atoms in total. The Morgan fingerprint density at radius 2 is 2.31 bits per heavy atom. The second-order valence-electron chi connectivity index (χ2n) is 3.23. The number of aliphatic hydroxyl groups is 2. The third-order valence-corrected chi connectivity index (χ3v) is 3.50. The summed E-state index contributed by atoms with van der Waals surface area (Å²) in [6, 6.07) is 1.54. The van der Waals surface area contributed by atoms with Crippen LogP contribution in [0.15, 0.2) is 11.4 Å². The molecule has 90 valence electrons. The standard InChI is InChI=1S/C10H13BrO4S/c1-15-10(14)8-4-6(5-16-8)9(13)7(12)2-3-11/h4-5,7,9,12-13H,2-3H2,1H3. The van der Waals surface area contributed by atoms with Crippen molar-refractivity contribution in [2.45, 2.75) is 18.6 Å². The van der Waals surface area contributed by atoms with Crippen molar-refractivity contribution < 1.29 is 19.7 Å². The van der Waals surface area contributed by atoms with Gasteiger partial charge in [0.2, 0.25) is 0 Å². The van der Waals surface area contributed by atoms with Crippen molar-refractivity contribution in [2.75, 3.05) is 12.4 Å².